The lowest BCUT2D eigenvalue weighted by molar-refractivity contribution is -0.142. The quantitative estimate of drug-likeness (QED) is 0.564. The molecule has 0 nitrogen and oxygen atoms in total. The van der Waals surface area contributed by atoms with Crippen LogP contribution in [0.1, 0.15) is 0 Å². The minimum absolute atomic E-state index is 0.0988. The summed E-state index contributed by atoms with van der Waals surface area (Å²) in [4.78, 5) is 0. The second kappa shape index (κ2) is 7.06. The van der Waals surface area contributed by atoms with E-state index in [4.69, 9.17) is 46.4 Å². The summed E-state index contributed by atoms with van der Waals surface area (Å²) in [5.74, 6) is 0. The molecule has 0 aromatic rings. The van der Waals surface area contributed by atoms with Gasteiger partial charge in [-0.25, -0.2) is 4.39 Å². The molecule has 8 heteroatoms. The average Bonchev–Trinajstić information content (AvgIpc) is 1.87. The number of alkyl halides is 4. The van der Waals surface area contributed by atoms with Crippen LogP contribution in [-0.2, 0) is 0 Å². The van der Waals surface area contributed by atoms with E-state index in [1.165, 1.54) is 0 Å². The fourth-order valence-corrected chi connectivity index (χ4v) is 0. The summed E-state index contributed by atoms with van der Waals surface area (Å²) in [6.07, 6.45) is -4.62. The van der Waals surface area contributed by atoms with Gasteiger partial charge in [-0.15, -0.1) is 0 Å². The summed E-state index contributed by atoms with van der Waals surface area (Å²) in [7, 11) is 0. The van der Waals surface area contributed by atoms with Crippen molar-refractivity contribution in [1.82, 2.24) is 0 Å². The zero-order chi connectivity index (χ0) is 10.4. The van der Waals surface area contributed by atoms with E-state index < -0.39 is 12.9 Å². The summed E-state index contributed by atoms with van der Waals surface area (Å²) in [5.41, 5.74) is 0. The molecule has 0 bridgehead atoms. The van der Waals surface area contributed by atoms with Crippen molar-refractivity contribution in [3.63, 3.8) is 0 Å². The fourth-order valence-electron chi connectivity index (χ4n) is 0. The van der Waals surface area contributed by atoms with Gasteiger partial charge in [-0.05, 0) is 0 Å². The van der Waals surface area contributed by atoms with Crippen LogP contribution in [0.4, 0.5) is 17.6 Å². The Morgan fingerprint density at radius 3 is 1.08 bits per heavy atom. The molecule has 0 aromatic carbocycles. The topological polar surface area (TPSA) is 0 Å². The van der Waals surface area contributed by atoms with Crippen LogP contribution in [0.5, 0.6) is 0 Å². The largest absolute Gasteiger partial charge is 0.416 e. The zero-order valence-electron chi connectivity index (χ0n) is 5.23. The van der Waals surface area contributed by atoms with E-state index in [0.29, 0.717) is 0 Å². The molecule has 0 unspecified atom stereocenters. The van der Waals surface area contributed by atoms with Gasteiger partial charge >= 0.3 is 6.18 Å². The van der Waals surface area contributed by atoms with E-state index in [9.17, 15) is 17.6 Å². The van der Waals surface area contributed by atoms with Crippen molar-refractivity contribution in [1.29, 1.82) is 0 Å². The Bertz CT molecular complexity index is 134. The predicted octanol–water partition coefficient (Wildman–Crippen LogP) is 4.59. The molecular weight excluding hydrogens is 266 g/mol. The second-order valence-corrected chi connectivity index (χ2v) is 3.17. The van der Waals surface area contributed by atoms with Gasteiger partial charge in [-0.3, -0.25) is 0 Å². The number of rotatable bonds is 0. The molecule has 0 spiro atoms. The Balaban J connectivity index is 0. The van der Waals surface area contributed by atoms with E-state index >= 15 is 0 Å². The van der Waals surface area contributed by atoms with Crippen LogP contribution in [-0.4, -0.2) is 12.9 Å². The Kier molecular flexibility index (Phi) is 8.89. The smallest absolute Gasteiger partial charge is 0.241 e. The van der Waals surface area contributed by atoms with Gasteiger partial charge in [0.25, 0.3) is 0 Å². The first-order chi connectivity index (χ1) is 5.20. The van der Waals surface area contributed by atoms with E-state index in [-0.39, 0.29) is 8.98 Å². The van der Waals surface area contributed by atoms with Gasteiger partial charge in [0.1, 0.15) is 8.98 Å². The highest BCUT2D eigenvalue weighted by molar-refractivity contribution is 6.67. The lowest BCUT2D eigenvalue weighted by Gasteiger charge is -1.93. The summed E-state index contributed by atoms with van der Waals surface area (Å²) in [6, 6.07) is 0. The molecule has 0 aliphatic carbocycles. The molecule has 0 fully saturated rings. The van der Waals surface area contributed by atoms with Gasteiger partial charge < -0.3 is 0 Å². The van der Waals surface area contributed by atoms with Crippen molar-refractivity contribution in [3.8, 4) is 0 Å². The summed E-state index contributed by atoms with van der Waals surface area (Å²) in [6.45, 7) is -2.23. The molecule has 0 saturated heterocycles. The molecule has 0 rings (SSSR count). The van der Waals surface area contributed by atoms with Crippen molar-refractivity contribution < 1.29 is 17.6 Å². The molecule has 0 saturated carbocycles. The molecule has 0 aromatic heterocycles. The summed E-state index contributed by atoms with van der Waals surface area (Å²) < 4.78 is 41.4. The third-order valence-corrected chi connectivity index (χ3v) is 1.44. The van der Waals surface area contributed by atoms with E-state index in [1.54, 1.807) is 0 Å². The van der Waals surface area contributed by atoms with Crippen molar-refractivity contribution in [2.24, 2.45) is 0 Å². The van der Waals surface area contributed by atoms with E-state index in [2.05, 4.69) is 0 Å². The van der Waals surface area contributed by atoms with Gasteiger partial charge in [0, 0.05) is 0 Å². The van der Waals surface area contributed by atoms with Crippen molar-refractivity contribution >= 4 is 46.4 Å². The fraction of sp³-hybridized carbons (Fsp3) is 0.500. The van der Waals surface area contributed by atoms with Crippen molar-refractivity contribution in [3.05, 3.63) is 8.98 Å². The van der Waals surface area contributed by atoms with Crippen molar-refractivity contribution in [2.45, 2.75) is 6.18 Å². The maximum atomic E-state index is 10.4. The van der Waals surface area contributed by atoms with Gasteiger partial charge in [0.2, 0.25) is 0 Å². The van der Waals surface area contributed by atoms with Gasteiger partial charge in [0.15, 0.2) is 6.67 Å². The third-order valence-electron chi connectivity index (χ3n) is 0.294. The highest BCUT2D eigenvalue weighted by atomic mass is 35.5. The first kappa shape index (κ1) is 15.1. The monoisotopic (exact) mass is 266 g/mol. The number of halogens is 8. The van der Waals surface area contributed by atoms with Crippen LogP contribution in [0.2, 0.25) is 0 Å². The molecule has 0 radical (unpaired) electrons. The maximum absolute atomic E-state index is 10.4. The lowest BCUT2D eigenvalue weighted by atomic mass is 10.8. The van der Waals surface area contributed by atoms with E-state index in [0.717, 1.165) is 0 Å². The van der Waals surface area contributed by atoms with Crippen LogP contribution >= 0.6 is 46.4 Å². The first-order valence-electron chi connectivity index (χ1n) is 2.19. The highest BCUT2D eigenvalue weighted by Crippen LogP contribution is 2.20. The van der Waals surface area contributed by atoms with Gasteiger partial charge in [0.05, 0.1) is 0 Å². The van der Waals surface area contributed by atoms with E-state index in [1.807, 2.05) is 0 Å². The standard InChI is InChI=1S/C2Cl4.C2H2F4/c3-1(4)2(5)6;3-1-2(4,5)6/h;1H2. The Hall–Kier alpha value is 0.620. The second-order valence-electron chi connectivity index (χ2n) is 1.27. The molecule has 0 aliphatic heterocycles. The number of hydrogen-bond acceptors (Lipinski definition) is 0. The molecule has 74 valence electrons. The molecule has 0 aliphatic rings. The Morgan fingerprint density at radius 2 is 1.08 bits per heavy atom. The molecule has 0 heterocycles. The van der Waals surface area contributed by atoms with Crippen LogP contribution in [0.25, 0.3) is 0 Å². The first-order valence-corrected chi connectivity index (χ1v) is 3.71. The van der Waals surface area contributed by atoms with Crippen molar-refractivity contribution in [2.75, 3.05) is 6.67 Å². The van der Waals surface area contributed by atoms with Crippen LogP contribution in [0.3, 0.4) is 0 Å². The van der Waals surface area contributed by atoms with Crippen LogP contribution in [0, 0.1) is 0 Å². The zero-order valence-corrected chi connectivity index (χ0v) is 8.25. The highest BCUT2D eigenvalue weighted by Gasteiger charge is 2.26. The summed E-state index contributed by atoms with van der Waals surface area (Å²) in [5, 5.41) is 0. The Morgan fingerprint density at radius 1 is 0.917 bits per heavy atom. The maximum Gasteiger partial charge on any atom is 0.416 e. The normalized spacial score (nSPS) is 10.0. The average molecular weight is 268 g/mol. The molecule has 0 atom stereocenters. The van der Waals surface area contributed by atoms with Gasteiger partial charge in [-0.2, -0.15) is 13.2 Å². The predicted molar refractivity (Wildman–Crippen MR) is 42.5 cm³/mol. The third kappa shape index (κ3) is 16.9. The molecule has 0 amide bonds. The SMILES string of the molecule is ClC(Cl)=C(Cl)Cl.FCC(F)(F)F. The Labute approximate surface area is 86.0 Å². The summed E-state index contributed by atoms with van der Waals surface area (Å²) >= 11 is 20.0. The van der Waals surface area contributed by atoms with Crippen LogP contribution in [0.15, 0.2) is 8.98 Å². The molecule has 0 N–H and O–H groups in total. The minimum Gasteiger partial charge on any atom is -0.241 e. The van der Waals surface area contributed by atoms with Gasteiger partial charge in [-0.1, -0.05) is 46.4 Å². The molecular formula is C4H2Cl4F4. The van der Waals surface area contributed by atoms with Crippen LogP contribution < -0.4 is 0 Å². The lowest BCUT2D eigenvalue weighted by Crippen LogP contribution is -2.08. The molecule has 12 heavy (non-hydrogen) atoms. The minimum atomic E-state index is -4.62. The number of hydrogen-bond donors (Lipinski definition) is 0.